The Morgan fingerprint density at radius 3 is 2.00 bits per heavy atom. The van der Waals surface area contributed by atoms with Gasteiger partial charge < -0.3 is 0 Å². The van der Waals surface area contributed by atoms with E-state index in [0.29, 0.717) is 0 Å². The van der Waals surface area contributed by atoms with Crippen LogP contribution in [0.2, 0.25) is 0 Å². The number of carbonyl (C=O) groups is 1. The molecule has 1 unspecified atom stereocenters. The van der Waals surface area contributed by atoms with Crippen molar-refractivity contribution in [1.29, 1.82) is 5.26 Å². The fraction of sp³-hybridized carbons (Fsp3) is 0.400. The van der Waals surface area contributed by atoms with Gasteiger partial charge in [0, 0.05) is 5.56 Å². The van der Waals surface area contributed by atoms with E-state index in [2.05, 4.69) is 4.99 Å². The van der Waals surface area contributed by atoms with Gasteiger partial charge in [-0.25, -0.2) is 8.42 Å². The van der Waals surface area contributed by atoms with Crippen LogP contribution in [0.3, 0.4) is 0 Å². The van der Waals surface area contributed by atoms with Crippen molar-refractivity contribution in [2.45, 2.75) is 12.4 Å². The molecule has 146 valence electrons. The minimum atomic E-state index is -5.16. The van der Waals surface area contributed by atoms with E-state index in [0.717, 1.165) is 0 Å². The molecule has 0 spiro atoms. The highest BCUT2D eigenvalue weighted by atomic mass is 32.2. The summed E-state index contributed by atoms with van der Waals surface area (Å²) < 4.78 is 101. The zero-order valence-electron chi connectivity index (χ0n) is 13.2. The van der Waals surface area contributed by atoms with E-state index in [1.165, 1.54) is 6.07 Å². The maximum absolute atomic E-state index is 12.9. The average Bonchev–Trinajstić information content (AvgIpc) is 2.52. The van der Waals surface area contributed by atoms with Gasteiger partial charge in [0.15, 0.2) is 15.6 Å². The summed E-state index contributed by atoms with van der Waals surface area (Å²) in [5.41, 5.74) is -4.83. The predicted molar refractivity (Wildman–Crippen MR) is 80.8 cm³/mol. The molecule has 0 amide bonds. The molecule has 5 nitrogen and oxygen atoms in total. The summed E-state index contributed by atoms with van der Waals surface area (Å²) in [4.78, 5) is 16.1. The van der Waals surface area contributed by atoms with E-state index < -0.39 is 62.0 Å². The van der Waals surface area contributed by atoms with Gasteiger partial charge in [-0.1, -0.05) is 0 Å². The number of sulfone groups is 1. The number of ketones is 1. The van der Waals surface area contributed by atoms with Gasteiger partial charge in [-0.05, 0) is 18.2 Å². The lowest BCUT2D eigenvalue weighted by molar-refractivity contribution is -0.143. The Morgan fingerprint density at radius 1 is 1.07 bits per heavy atom. The van der Waals surface area contributed by atoms with E-state index in [-0.39, 0.29) is 30.5 Å². The van der Waals surface area contributed by atoms with E-state index in [9.17, 15) is 39.6 Å². The number of aliphatic imine (C=N–C) groups is 1. The largest absolute Gasteiger partial charge is 0.416 e. The van der Waals surface area contributed by atoms with Crippen LogP contribution in [0.5, 0.6) is 0 Å². The standard InChI is InChI=1S/C15H10F6N2O3S/c16-14(17,18)9-3-8(4-10(5-9)15(19,20)21)13(24)11(6-22)12-7-27(25,26)2-1-23-12/h3-5,11H,1-2,7H2. The number of Topliss-reactive ketones (excluding diaryl/α,β-unsaturated/α-hetero) is 1. The van der Waals surface area contributed by atoms with E-state index in [1.807, 2.05) is 0 Å². The Balaban J connectivity index is 2.54. The SMILES string of the molecule is N#CC(C(=O)c1cc(C(F)(F)F)cc(C(F)(F)F)c1)C1=NCCS(=O)(=O)C1. The highest BCUT2D eigenvalue weighted by molar-refractivity contribution is 7.92. The number of carbonyl (C=O) groups excluding carboxylic acids is 1. The van der Waals surface area contributed by atoms with Crippen molar-refractivity contribution >= 4 is 21.3 Å². The third-order valence-corrected chi connectivity index (χ3v) is 5.22. The molecule has 1 aliphatic heterocycles. The second-order valence-corrected chi connectivity index (χ2v) is 7.87. The number of alkyl halides is 6. The summed E-state index contributed by atoms with van der Waals surface area (Å²) in [6, 6.07) is 1.65. The Morgan fingerprint density at radius 2 is 1.59 bits per heavy atom. The van der Waals surface area contributed by atoms with Crippen molar-refractivity contribution in [2.24, 2.45) is 10.9 Å². The number of halogens is 6. The van der Waals surface area contributed by atoms with Crippen molar-refractivity contribution < 1.29 is 39.6 Å². The smallest absolute Gasteiger partial charge is 0.292 e. The van der Waals surface area contributed by atoms with Crippen LogP contribution in [0, 0.1) is 17.2 Å². The highest BCUT2D eigenvalue weighted by Crippen LogP contribution is 2.36. The Hall–Kier alpha value is -2.42. The molecule has 27 heavy (non-hydrogen) atoms. The molecule has 0 fully saturated rings. The summed E-state index contributed by atoms with van der Waals surface area (Å²) >= 11 is 0. The topological polar surface area (TPSA) is 87.4 Å². The molecular weight excluding hydrogens is 402 g/mol. The summed E-state index contributed by atoms with van der Waals surface area (Å²) in [6.45, 7) is -0.250. The number of nitrogens with zero attached hydrogens (tertiary/aromatic N) is 2. The van der Waals surface area contributed by atoms with E-state index in [1.54, 1.807) is 0 Å². The molecule has 1 atom stereocenters. The molecule has 0 bridgehead atoms. The summed E-state index contributed by atoms with van der Waals surface area (Å²) in [5.74, 6) is -4.37. The molecule has 1 aromatic rings. The van der Waals surface area contributed by atoms with Crippen molar-refractivity contribution in [2.75, 3.05) is 18.1 Å². The summed E-state index contributed by atoms with van der Waals surface area (Å²) in [6.07, 6.45) is -10.3. The minimum Gasteiger partial charge on any atom is -0.292 e. The molecule has 0 saturated carbocycles. The number of benzene rings is 1. The zero-order chi connectivity index (χ0) is 20.6. The first-order chi connectivity index (χ1) is 12.2. The molecule has 0 radical (unpaired) electrons. The van der Waals surface area contributed by atoms with Crippen molar-refractivity contribution in [3.8, 4) is 6.07 Å². The van der Waals surface area contributed by atoms with Crippen LogP contribution in [-0.2, 0) is 22.2 Å². The van der Waals surface area contributed by atoms with Gasteiger partial charge in [0.05, 0.1) is 41.0 Å². The van der Waals surface area contributed by atoms with E-state index >= 15 is 0 Å². The first kappa shape index (κ1) is 20.9. The number of hydrogen-bond acceptors (Lipinski definition) is 5. The second-order valence-electron chi connectivity index (χ2n) is 5.69. The van der Waals surface area contributed by atoms with Crippen LogP contribution in [0.1, 0.15) is 21.5 Å². The fourth-order valence-electron chi connectivity index (χ4n) is 2.39. The first-order valence-electron chi connectivity index (χ1n) is 7.21. The first-order valence-corrected chi connectivity index (χ1v) is 9.04. The predicted octanol–water partition coefficient (Wildman–Crippen LogP) is 2.92. The quantitative estimate of drug-likeness (QED) is 0.564. The maximum atomic E-state index is 12.9. The normalized spacial score (nSPS) is 18.3. The Labute approximate surface area is 149 Å². The van der Waals surface area contributed by atoms with Crippen LogP contribution in [0.4, 0.5) is 26.3 Å². The van der Waals surface area contributed by atoms with Gasteiger partial charge in [0.25, 0.3) is 0 Å². The summed E-state index contributed by atoms with van der Waals surface area (Å²) in [5, 5.41) is 9.15. The van der Waals surface area contributed by atoms with Crippen LogP contribution in [-0.4, -0.2) is 38.0 Å². The number of rotatable bonds is 3. The van der Waals surface area contributed by atoms with Gasteiger partial charge >= 0.3 is 12.4 Å². The van der Waals surface area contributed by atoms with Crippen LogP contribution < -0.4 is 0 Å². The Bertz CT molecular complexity index is 910. The molecule has 2 rings (SSSR count). The van der Waals surface area contributed by atoms with Crippen LogP contribution >= 0.6 is 0 Å². The molecule has 0 N–H and O–H groups in total. The Kier molecular flexibility index (Phi) is 5.38. The van der Waals surface area contributed by atoms with Crippen molar-refractivity contribution in [3.05, 3.63) is 34.9 Å². The molecule has 1 heterocycles. The third-order valence-electron chi connectivity index (χ3n) is 3.68. The van der Waals surface area contributed by atoms with Gasteiger partial charge in [-0.2, -0.15) is 31.6 Å². The molecule has 1 aliphatic rings. The number of nitriles is 1. The summed E-state index contributed by atoms with van der Waals surface area (Å²) in [7, 11) is -3.66. The van der Waals surface area contributed by atoms with Gasteiger partial charge in [-0.15, -0.1) is 0 Å². The van der Waals surface area contributed by atoms with Crippen LogP contribution in [0.15, 0.2) is 23.2 Å². The van der Waals surface area contributed by atoms with E-state index in [4.69, 9.17) is 5.26 Å². The lowest BCUT2D eigenvalue weighted by Gasteiger charge is -2.18. The monoisotopic (exact) mass is 412 g/mol. The van der Waals surface area contributed by atoms with Crippen LogP contribution in [0.25, 0.3) is 0 Å². The molecule has 1 aromatic carbocycles. The highest BCUT2D eigenvalue weighted by Gasteiger charge is 2.39. The molecule has 0 saturated heterocycles. The van der Waals surface area contributed by atoms with Crippen molar-refractivity contribution in [1.82, 2.24) is 0 Å². The average molecular weight is 412 g/mol. The lowest BCUT2D eigenvalue weighted by Crippen LogP contribution is -2.34. The van der Waals surface area contributed by atoms with Crippen molar-refractivity contribution in [3.63, 3.8) is 0 Å². The second kappa shape index (κ2) is 6.95. The lowest BCUT2D eigenvalue weighted by atomic mass is 9.92. The third kappa shape index (κ3) is 4.85. The van der Waals surface area contributed by atoms with Gasteiger partial charge in [0.1, 0.15) is 5.92 Å². The van der Waals surface area contributed by atoms with Gasteiger partial charge in [0.2, 0.25) is 0 Å². The van der Waals surface area contributed by atoms with Gasteiger partial charge in [-0.3, -0.25) is 9.79 Å². The molecule has 12 heteroatoms. The number of hydrogen-bond donors (Lipinski definition) is 0. The zero-order valence-corrected chi connectivity index (χ0v) is 14.0. The molecule has 0 aliphatic carbocycles. The fourth-order valence-corrected chi connectivity index (χ4v) is 3.62. The molecular formula is C15H10F6N2O3S. The maximum Gasteiger partial charge on any atom is 0.416 e. The molecule has 0 aromatic heterocycles. The minimum absolute atomic E-state index is 0.152.